The third-order valence-corrected chi connectivity index (χ3v) is 6.60. The molecular formula is C25H26ClN3O2. The molecule has 31 heavy (non-hydrogen) atoms. The van der Waals surface area contributed by atoms with Crippen molar-refractivity contribution in [2.75, 3.05) is 13.1 Å². The summed E-state index contributed by atoms with van der Waals surface area (Å²) in [6.45, 7) is 6.99. The molecule has 160 valence electrons. The molecule has 0 N–H and O–H groups in total. The molecule has 0 spiro atoms. The largest absolute Gasteiger partial charge is 0.339 e. The Balaban J connectivity index is 1.40. The summed E-state index contributed by atoms with van der Waals surface area (Å²) in [5.74, 6) is 0.157. The Labute approximate surface area is 187 Å². The van der Waals surface area contributed by atoms with E-state index in [9.17, 15) is 9.59 Å². The number of amides is 1. The van der Waals surface area contributed by atoms with Gasteiger partial charge in [-0.25, -0.2) is 4.68 Å². The van der Waals surface area contributed by atoms with Crippen molar-refractivity contribution in [1.29, 1.82) is 0 Å². The molecular weight excluding hydrogens is 410 g/mol. The number of hydrogen-bond acceptors (Lipinski definition) is 3. The van der Waals surface area contributed by atoms with E-state index in [1.807, 2.05) is 74.2 Å². The summed E-state index contributed by atoms with van der Waals surface area (Å²) in [5, 5.41) is 5.11. The lowest BCUT2D eigenvalue weighted by Gasteiger charge is -2.31. The number of carbonyl (C=O) groups is 2. The molecule has 0 saturated carbocycles. The summed E-state index contributed by atoms with van der Waals surface area (Å²) in [4.78, 5) is 27.6. The van der Waals surface area contributed by atoms with Gasteiger partial charge in [0, 0.05) is 30.1 Å². The zero-order chi connectivity index (χ0) is 22.1. The molecule has 1 aliphatic heterocycles. The monoisotopic (exact) mass is 435 g/mol. The first-order valence-electron chi connectivity index (χ1n) is 10.6. The predicted molar refractivity (Wildman–Crippen MR) is 122 cm³/mol. The lowest BCUT2D eigenvalue weighted by atomic mass is 9.88. The van der Waals surface area contributed by atoms with Gasteiger partial charge in [-0.2, -0.15) is 5.10 Å². The van der Waals surface area contributed by atoms with Gasteiger partial charge >= 0.3 is 0 Å². The molecule has 1 aromatic heterocycles. The standard InChI is InChI=1S/C25H26ClN3O2/c1-16-4-6-19(7-5-16)24(30)20-12-14-28(15-13-20)25(31)21-8-10-22(11-9-21)29-18(3)23(26)17(2)27-29/h4-11,20H,12-15H2,1-3H3. The van der Waals surface area contributed by atoms with Gasteiger partial charge in [-0.1, -0.05) is 41.4 Å². The van der Waals surface area contributed by atoms with Gasteiger partial charge in [-0.05, 0) is 57.9 Å². The number of rotatable bonds is 4. The number of Topliss-reactive ketones (excluding diaryl/α,β-unsaturated/α-hetero) is 1. The van der Waals surface area contributed by atoms with Gasteiger partial charge < -0.3 is 4.90 Å². The van der Waals surface area contributed by atoms with Gasteiger partial charge in [-0.15, -0.1) is 0 Å². The van der Waals surface area contributed by atoms with Crippen LogP contribution in [-0.2, 0) is 0 Å². The van der Waals surface area contributed by atoms with E-state index in [2.05, 4.69) is 5.10 Å². The third-order valence-electron chi connectivity index (χ3n) is 6.05. The molecule has 4 rings (SSSR count). The van der Waals surface area contributed by atoms with Crippen molar-refractivity contribution in [3.63, 3.8) is 0 Å². The number of likely N-dealkylation sites (tertiary alicyclic amines) is 1. The van der Waals surface area contributed by atoms with Crippen LogP contribution in [0, 0.1) is 26.7 Å². The van der Waals surface area contributed by atoms with Gasteiger partial charge in [0.15, 0.2) is 5.78 Å². The quantitative estimate of drug-likeness (QED) is 0.530. The molecule has 0 radical (unpaired) electrons. The third kappa shape index (κ3) is 4.28. The Morgan fingerprint density at radius 1 is 0.903 bits per heavy atom. The number of aromatic nitrogens is 2. The number of aryl methyl sites for hydroxylation is 2. The minimum atomic E-state index is -0.0232. The Morgan fingerprint density at radius 2 is 1.48 bits per heavy atom. The maximum atomic E-state index is 13.0. The van der Waals surface area contributed by atoms with Crippen molar-refractivity contribution in [3.05, 3.63) is 81.6 Å². The van der Waals surface area contributed by atoms with Crippen molar-refractivity contribution < 1.29 is 9.59 Å². The normalized spacial score (nSPS) is 14.6. The Bertz CT molecular complexity index is 1110. The predicted octanol–water partition coefficient (Wildman–Crippen LogP) is 5.19. The van der Waals surface area contributed by atoms with Crippen molar-refractivity contribution in [3.8, 4) is 5.69 Å². The SMILES string of the molecule is Cc1ccc(C(=O)C2CCN(C(=O)c3ccc(-n4nc(C)c(Cl)c4C)cc3)CC2)cc1. The molecule has 1 aliphatic rings. The Morgan fingerprint density at radius 3 is 2.03 bits per heavy atom. The lowest BCUT2D eigenvalue weighted by Crippen LogP contribution is -2.40. The molecule has 0 atom stereocenters. The highest BCUT2D eigenvalue weighted by Crippen LogP contribution is 2.25. The number of benzene rings is 2. The zero-order valence-electron chi connectivity index (χ0n) is 18.1. The first-order valence-corrected chi connectivity index (χ1v) is 10.9. The van der Waals surface area contributed by atoms with Gasteiger partial charge in [0.1, 0.15) is 0 Å². The van der Waals surface area contributed by atoms with Crippen LogP contribution in [0.2, 0.25) is 5.02 Å². The number of halogens is 1. The maximum absolute atomic E-state index is 13.0. The second-order valence-electron chi connectivity index (χ2n) is 8.24. The molecule has 5 nitrogen and oxygen atoms in total. The molecule has 0 aliphatic carbocycles. The van der Waals surface area contributed by atoms with E-state index in [4.69, 9.17) is 11.6 Å². The van der Waals surface area contributed by atoms with E-state index in [1.165, 1.54) is 0 Å². The van der Waals surface area contributed by atoms with Crippen LogP contribution in [0.15, 0.2) is 48.5 Å². The second-order valence-corrected chi connectivity index (χ2v) is 8.62. The second kappa shape index (κ2) is 8.67. The fourth-order valence-corrected chi connectivity index (χ4v) is 4.22. The van der Waals surface area contributed by atoms with Crippen LogP contribution >= 0.6 is 11.6 Å². The van der Waals surface area contributed by atoms with Crippen LogP contribution in [0.1, 0.15) is 50.5 Å². The zero-order valence-corrected chi connectivity index (χ0v) is 18.8. The van der Waals surface area contributed by atoms with Crippen LogP contribution in [0.5, 0.6) is 0 Å². The van der Waals surface area contributed by atoms with Crippen molar-refractivity contribution in [2.24, 2.45) is 5.92 Å². The molecule has 3 aromatic rings. The summed E-state index contributed by atoms with van der Waals surface area (Å²) in [6.07, 6.45) is 1.39. The molecule has 1 amide bonds. The van der Waals surface area contributed by atoms with E-state index in [0.29, 0.717) is 36.5 Å². The topological polar surface area (TPSA) is 55.2 Å². The van der Waals surface area contributed by atoms with E-state index in [1.54, 1.807) is 4.68 Å². The maximum Gasteiger partial charge on any atom is 0.253 e. The molecule has 6 heteroatoms. The summed E-state index contributed by atoms with van der Waals surface area (Å²) in [5.41, 5.74) is 5.06. The number of ketones is 1. The van der Waals surface area contributed by atoms with E-state index in [0.717, 1.165) is 28.2 Å². The molecule has 0 bridgehead atoms. The first kappa shape index (κ1) is 21.3. The Hall–Kier alpha value is -2.92. The van der Waals surface area contributed by atoms with Crippen molar-refractivity contribution in [2.45, 2.75) is 33.6 Å². The minimum absolute atomic E-state index is 0.000755. The van der Waals surface area contributed by atoms with E-state index >= 15 is 0 Å². The lowest BCUT2D eigenvalue weighted by molar-refractivity contribution is 0.0650. The highest BCUT2D eigenvalue weighted by Gasteiger charge is 2.28. The van der Waals surface area contributed by atoms with Crippen LogP contribution in [0.25, 0.3) is 5.69 Å². The Kier molecular flexibility index (Phi) is 5.96. The highest BCUT2D eigenvalue weighted by atomic mass is 35.5. The number of carbonyl (C=O) groups excluding carboxylic acids is 2. The van der Waals surface area contributed by atoms with Crippen molar-refractivity contribution >= 4 is 23.3 Å². The van der Waals surface area contributed by atoms with Crippen molar-refractivity contribution in [1.82, 2.24) is 14.7 Å². The summed E-state index contributed by atoms with van der Waals surface area (Å²) >= 11 is 6.24. The smallest absolute Gasteiger partial charge is 0.253 e. The minimum Gasteiger partial charge on any atom is -0.339 e. The number of nitrogens with zero attached hydrogens (tertiary/aromatic N) is 3. The van der Waals surface area contributed by atoms with Gasteiger partial charge in [0.05, 0.1) is 22.1 Å². The van der Waals surface area contributed by atoms with Crippen LogP contribution in [0.4, 0.5) is 0 Å². The molecule has 2 aromatic carbocycles. The number of hydrogen-bond donors (Lipinski definition) is 0. The average molecular weight is 436 g/mol. The van der Waals surface area contributed by atoms with Gasteiger partial charge in [0.2, 0.25) is 0 Å². The summed E-state index contributed by atoms with van der Waals surface area (Å²) < 4.78 is 1.79. The van der Waals surface area contributed by atoms with Crippen LogP contribution in [-0.4, -0.2) is 39.5 Å². The number of piperidine rings is 1. The first-order chi connectivity index (χ1) is 14.8. The molecule has 0 unspecified atom stereocenters. The fraction of sp³-hybridized carbons (Fsp3) is 0.320. The molecule has 2 heterocycles. The molecule has 1 fully saturated rings. The van der Waals surface area contributed by atoms with Gasteiger partial charge in [-0.3, -0.25) is 9.59 Å². The summed E-state index contributed by atoms with van der Waals surface area (Å²) in [7, 11) is 0. The van der Waals surface area contributed by atoms with E-state index < -0.39 is 0 Å². The molecule has 1 saturated heterocycles. The summed E-state index contributed by atoms with van der Waals surface area (Å²) in [6, 6.07) is 15.1. The van der Waals surface area contributed by atoms with Crippen LogP contribution in [0.3, 0.4) is 0 Å². The van der Waals surface area contributed by atoms with Crippen LogP contribution < -0.4 is 0 Å². The average Bonchev–Trinajstić information content (AvgIpc) is 3.06. The van der Waals surface area contributed by atoms with E-state index in [-0.39, 0.29) is 17.6 Å². The fourth-order valence-electron chi connectivity index (χ4n) is 4.10. The van der Waals surface area contributed by atoms with Gasteiger partial charge in [0.25, 0.3) is 5.91 Å². The highest BCUT2D eigenvalue weighted by molar-refractivity contribution is 6.31.